The molecular formula is C42H28N2S. The van der Waals surface area contributed by atoms with Crippen LogP contribution in [-0.4, -0.2) is 4.57 Å². The molecule has 0 fully saturated rings. The molecule has 9 aromatic rings. The summed E-state index contributed by atoms with van der Waals surface area (Å²) in [6.45, 7) is 0. The summed E-state index contributed by atoms with van der Waals surface area (Å²) in [5.74, 6) is 0. The minimum absolute atomic E-state index is 1.13. The molecule has 0 aliphatic carbocycles. The highest BCUT2D eigenvalue weighted by Crippen LogP contribution is 2.42. The summed E-state index contributed by atoms with van der Waals surface area (Å²) >= 11 is 1.86. The summed E-state index contributed by atoms with van der Waals surface area (Å²) in [6, 6.07) is 61.3. The van der Waals surface area contributed by atoms with E-state index in [2.05, 4.69) is 179 Å². The first-order valence-corrected chi connectivity index (χ1v) is 16.1. The Morgan fingerprint density at radius 3 is 1.87 bits per heavy atom. The monoisotopic (exact) mass is 592 g/mol. The molecule has 0 aliphatic rings. The predicted molar refractivity (Wildman–Crippen MR) is 194 cm³/mol. The Morgan fingerprint density at radius 2 is 1.04 bits per heavy atom. The van der Waals surface area contributed by atoms with Gasteiger partial charge in [0.25, 0.3) is 0 Å². The Labute approximate surface area is 265 Å². The zero-order valence-corrected chi connectivity index (χ0v) is 25.3. The van der Waals surface area contributed by atoms with Crippen LogP contribution in [-0.2, 0) is 0 Å². The fraction of sp³-hybridized carbons (Fsp3) is 0. The number of aromatic nitrogens is 1. The van der Waals surface area contributed by atoms with Crippen LogP contribution in [0.1, 0.15) is 0 Å². The van der Waals surface area contributed by atoms with E-state index >= 15 is 0 Å². The summed E-state index contributed by atoms with van der Waals surface area (Å²) in [5, 5.41) is 5.17. The number of para-hydroxylation sites is 3. The van der Waals surface area contributed by atoms with Crippen molar-refractivity contribution in [3.8, 4) is 16.8 Å². The first-order chi connectivity index (χ1) is 22.3. The van der Waals surface area contributed by atoms with E-state index < -0.39 is 0 Å². The first-order valence-electron chi connectivity index (χ1n) is 15.3. The highest BCUT2D eigenvalue weighted by Gasteiger charge is 2.18. The summed E-state index contributed by atoms with van der Waals surface area (Å²) in [7, 11) is 0. The van der Waals surface area contributed by atoms with Gasteiger partial charge in [0.05, 0.1) is 11.0 Å². The smallest absolute Gasteiger partial charge is 0.0547 e. The zero-order chi connectivity index (χ0) is 29.7. The molecule has 2 aromatic heterocycles. The molecule has 0 radical (unpaired) electrons. The van der Waals surface area contributed by atoms with Gasteiger partial charge in [-0.05, 0) is 77.9 Å². The third-order valence-electron chi connectivity index (χ3n) is 8.78. The Kier molecular flexibility index (Phi) is 6.03. The van der Waals surface area contributed by atoms with Crippen LogP contribution in [0.4, 0.5) is 17.1 Å². The van der Waals surface area contributed by atoms with E-state index in [-0.39, 0.29) is 0 Å². The predicted octanol–water partition coefficient (Wildman–Crippen LogP) is 12.3. The molecule has 0 saturated carbocycles. The molecule has 2 heterocycles. The van der Waals surface area contributed by atoms with Gasteiger partial charge in [-0.3, -0.25) is 0 Å². The number of hydrogen-bond acceptors (Lipinski definition) is 2. The van der Waals surface area contributed by atoms with Crippen molar-refractivity contribution in [3.63, 3.8) is 0 Å². The van der Waals surface area contributed by atoms with Crippen LogP contribution in [0.25, 0.3) is 58.8 Å². The van der Waals surface area contributed by atoms with E-state index in [1.165, 1.54) is 58.8 Å². The number of benzene rings is 7. The van der Waals surface area contributed by atoms with Gasteiger partial charge < -0.3 is 9.47 Å². The summed E-state index contributed by atoms with van der Waals surface area (Å²) in [6.07, 6.45) is 0. The summed E-state index contributed by atoms with van der Waals surface area (Å²) in [4.78, 5) is 2.36. The minimum Gasteiger partial charge on any atom is -0.310 e. The lowest BCUT2D eigenvalue weighted by Gasteiger charge is -2.25. The van der Waals surface area contributed by atoms with Gasteiger partial charge in [-0.2, -0.15) is 0 Å². The maximum atomic E-state index is 2.38. The SMILES string of the molecule is c1ccc(N(c2ccc(-c3cccc4c3c3ccccc3n4-c3ccccc3)cc2)c2ccc3c(c2)sc2ccccc23)cc1. The standard InChI is InChI=1S/C42H28N2S/c1-3-12-30(13-4-1)43(33-26-27-36-35-16-8-10-21-40(35)45-41(36)28-33)32-24-22-29(23-25-32)34-18-11-20-39-42(34)37-17-7-9-19-38(37)44(39)31-14-5-2-6-15-31/h1-28H. The Hall–Kier alpha value is -5.64. The van der Waals surface area contributed by atoms with Gasteiger partial charge in [-0.1, -0.05) is 103 Å². The fourth-order valence-electron chi connectivity index (χ4n) is 6.78. The topological polar surface area (TPSA) is 8.17 Å². The molecule has 9 rings (SSSR count). The van der Waals surface area contributed by atoms with Gasteiger partial charge in [-0.15, -0.1) is 11.3 Å². The Bertz CT molecular complexity index is 2470. The lowest BCUT2D eigenvalue weighted by molar-refractivity contribution is 1.18. The fourth-order valence-corrected chi connectivity index (χ4v) is 7.92. The second kappa shape index (κ2) is 10.5. The first kappa shape index (κ1) is 25.8. The molecular weight excluding hydrogens is 565 g/mol. The molecule has 0 unspecified atom stereocenters. The zero-order valence-electron chi connectivity index (χ0n) is 24.5. The largest absolute Gasteiger partial charge is 0.310 e. The molecule has 0 spiro atoms. The number of hydrogen-bond donors (Lipinski definition) is 0. The number of thiophene rings is 1. The van der Waals surface area contributed by atoms with Gasteiger partial charge in [-0.25, -0.2) is 0 Å². The van der Waals surface area contributed by atoms with Crippen LogP contribution >= 0.6 is 11.3 Å². The highest BCUT2D eigenvalue weighted by molar-refractivity contribution is 7.25. The maximum absolute atomic E-state index is 2.38. The lowest BCUT2D eigenvalue weighted by Crippen LogP contribution is -2.09. The molecule has 0 amide bonds. The molecule has 2 nitrogen and oxygen atoms in total. The van der Waals surface area contributed by atoms with Crippen molar-refractivity contribution in [1.29, 1.82) is 0 Å². The van der Waals surface area contributed by atoms with E-state index in [1.807, 2.05) is 11.3 Å². The average Bonchev–Trinajstić information content (AvgIpc) is 3.65. The molecule has 0 N–H and O–H groups in total. The molecule has 0 bridgehead atoms. The Balaban J connectivity index is 1.19. The van der Waals surface area contributed by atoms with E-state index in [9.17, 15) is 0 Å². The number of nitrogens with zero attached hydrogens (tertiary/aromatic N) is 2. The minimum atomic E-state index is 1.13. The molecule has 45 heavy (non-hydrogen) atoms. The van der Waals surface area contributed by atoms with E-state index in [0.29, 0.717) is 0 Å². The van der Waals surface area contributed by atoms with Crippen LogP contribution in [0.15, 0.2) is 170 Å². The molecule has 7 aromatic carbocycles. The van der Waals surface area contributed by atoms with Crippen LogP contribution in [0, 0.1) is 0 Å². The van der Waals surface area contributed by atoms with E-state index in [1.54, 1.807) is 0 Å². The van der Waals surface area contributed by atoms with Crippen molar-refractivity contribution in [3.05, 3.63) is 170 Å². The second-order valence-electron chi connectivity index (χ2n) is 11.4. The highest BCUT2D eigenvalue weighted by atomic mass is 32.1. The van der Waals surface area contributed by atoms with Crippen molar-refractivity contribution < 1.29 is 0 Å². The van der Waals surface area contributed by atoms with Gasteiger partial charge in [0.2, 0.25) is 0 Å². The third kappa shape index (κ3) is 4.24. The van der Waals surface area contributed by atoms with Crippen LogP contribution in [0.3, 0.4) is 0 Å². The number of anilines is 3. The van der Waals surface area contributed by atoms with Crippen molar-refractivity contribution >= 4 is 70.4 Å². The van der Waals surface area contributed by atoms with Crippen molar-refractivity contribution in [2.45, 2.75) is 0 Å². The summed E-state index contributed by atoms with van der Waals surface area (Å²) in [5.41, 5.74) is 9.46. The average molecular weight is 593 g/mol. The van der Waals surface area contributed by atoms with Crippen molar-refractivity contribution in [2.24, 2.45) is 0 Å². The Morgan fingerprint density at radius 1 is 0.422 bits per heavy atom. The third-order valence-corrected chi connectivity index (χ3v) is 9.92. The van der Waals surface area contributed by atoms with Crippen LogP contribution in [0.5, 0.6) is 0 Å². The van der Waals surface area contributed by atoms with Gasteiger partial charge in [0.15, 0.2) is 0 Å². The van der Waals surface area contributed by atoms with Gasteiger partial charge >= 0.3 is 0 Å². The van der Waals surface area contributed by atoms with E-state index in [4.69, 9.17) is 0 Å². The lowest BCUT2D eigenvalue weighted by atomic mass is 9.99. The molecule has 0 atom stereocenters. The molecule has 0 saturated heterocycles. The number of rotatable bonds is 5. The van der Waals surface area contributed by atoms with Crippen molar-refractivity contribution in [1.82, 2.24) is 4.57 Å². The van der Waals surface area contributed by atoms with Crippen LogP contribution in [0.2, 0.25) is 0 Å². The molecule has 0 aliphatic heterocycles. The molecule has 212 valence electrons. The summed E-state index contributed by atoms with van der Waals surface area (Å²) < 4.78 is 5.00. The number of fused-ring (bicyclic) bond motifs is 6. The van der Waals surface area contributed by atoms with Crippen molar-refractivity contribution in [2.75, 3.05) is 4.90 Å². The maximum Gasteiger partial charge on any atom is 0.0547 e. The molecule has 3 heteroatoms. The van der Waals surface area contributed by atoms with Crippen LogP contribution < -0.4 is 4.90 Å². The van der Waals surface area contributed by atoms with Gasteiger partial charge in [0, 0.05) is 53.7 Å². The second-order valence-corrected chi connectivity index (χ2v) is 12.5. The normalized spacial score (nSPS) is 11.6. The van der Waals surface area contributed by atoms with E-state index in [0.717, 1.165) is 17.1 Å². The quantitative estimate of drug-likeness (QED) is 0.193. The van der Waals surface area contributed by atoms with Gasteiger partial charge in [0.1, 0.15) is 0 Å².